The fourth-order valence-electron chi connectivity index (χ4n) is 1.65. The molecule has 0 unspecified atom stereocenters. The predicted molar refractivity (Wildman–Crippen MR) is 52.6 cm³/mol. The molecule has 0 bridgehead atoms. The number of methoxy groups -OCH3 is 1. The van der Waals surface area contributed by atoms with Gasteiger partial charge in [-0.15, -0.1) is 0 Å². The summed E-state index contributed by atoms with van der Waals surface area (Å²) in [5.74, 6) is 0.822. The van der Waals surface area contributed by atoms with Crippen molar-refractivity contribution in [1.29, 1.82) is 0 Å². The van der Waals surface area contributed by atoms with Crippen LogP contribution in [0.4, 0.5) is 0 Å². The SMILES string of the molecule is COc1cccc(C2(CO)COC2)c1. The molecule has 1 N–H and O–H groups in total. The maximum atomic E-state index is 9.33. The third kappa shape index (κ3) is 1.38. The molecule has 3 nitrogen and oxygen atoms in total. The molecule has 0 aromatic heterocycles. The Morgan fingerprint density at radius 3 is 2.79 bits per heavy atom. The number of ether oxygens (including phenoxy) is 2. The van der Waals surface area contributed by atoms with Gasteiger partial charge in [0.15, 0.2) is 0 Å². The second-order valence-electron chi connectivity index (χ2n) is 3.66. The van der Waals surface area contributed by atoms with Gasteiger partial charge in [0.1, 0.15) is 5.75 Å². The second kappa shape index (κ2) is 3.59. The van der Waals surface area contributed by atoms with Crippen LogP contribution in [-0.4, -0.2) is 32.0 Å². The minimum atomic E-state index is -0.200. The number of aliphatic hydroxyl groups is 1. The molecule has 0 atom stereocenters. The van der Waals surface area contributed by atoms with Crippen LogP contribution < -0.4 is 4.74 Å². The van der Waals surface area contributed by atoms with Crippen molar-refractivity contribution in [2.45, 2.75) is 5.41 Å². The average Bonchev–Trinajstić information content (AvgIpc) is 2.18. The highest BCUT2D eigenvalue weighted by molar-refractivity contribution is 5.35. The quantitative estimate of drug-likeness (QED) is 0.778. The van der Waals surface area contributed by atoms with Crippen molar-refractivity contribution in [2.24, 2.45) is 0 Å². The second-order valence-corrected chi connectivity index (χ2v) is 3.66. The number of hydrogen-bond acceptors (Lipinski definition) is 3. The van der Waals surface area contributed by atoms with Gasteiger partial charge in [0.05, 0.1) is 32.3 Å². The van der Waals surface area contributed by atoms with E-state index in [4.69, 9.17) is 9.47 Å². The zero-order chi connectivity index (χ0) is 10.0. The summed E-state index contributed by atoms with van der Waals surface area (Å²) in [4.78, 5) is 0. The first-order valence-corrected chi connectivity index (χ1v) is 4.64. The van der Waals surface area contributed by atoms with Crippen molar-refractivity contribution < 1.29 is 14.6 Å². The summed E-state index contributed by atoms with van der Waals surface area (Å²) in [6.45, 7) is 1.31. The van der Waals surface area contributed by atoms with Crippen molar-refractivity contribution in [3.05, 3.63) is 29.8 Å². The largest absolute Gasteiger partial charge is 0.497 e. The van der Waals surface area contributed by atoms with E-state index < -0.39 is 0 Å². The Hall–Kier alpha value is -1.06. The van der Waals surface area contributed by atoms with E-state index >= 15 is 0 Å². The Bertz CT molecular complexity index is 313. The molecule has 1 aromatic carbocycles. The van der Waals surface area contributed by atoms with Gasteiger partial charge in [0, 0.05) is 0 Å². The van der Waals surface area contributed by atoms with Crippen molar-refractivity contribution in [2.75, 3.05) is 26.9 Å². The summed E-state index contributed by atoms with van der Waals surface area (Å²) in [6, 6.07) is 7.79. The molecule has 2 rings (SSSR count). The first-order chi connectivity index (χ1) is 6.80. The molecule has 14 heavy (non-hydrogen) atoms. The van der Waals surface area contributed by atoms with Crippen molar-refractivity contribution in [1.82, 2.24) is 0 Å². The van der Waals surface area contributed by atoms with E-state index in [1.54, 1.807) is 7.11 Å². The van der Waals surface area contributed by atoms with E-state index in [0.29, 0.717) is 13.2 Å². The van der Waals surface area contributed by atoms with Crippen LogP contribution in [0.15, 0.2) is 24.3 Å². The zero-order valence-corrected chi connectivity index (χ0v) is 8.19. The van der Waals surface area contributed by atoms with Gasteiger partial charge in [-0.25, -0.2) is 0 Å². The van der Waals surface area contributed by atoms with Crippen LogP contribution in [0.5, 0.6) is 5.75 Å². The van der Waals surface area contributed by atoms with Crippen molar-refractivity contribution in [3.63, 3.8) is 0 Å². The monoisotopic (exact) mass is 194 g/mol. The lowest BCUT2D eigenvalue weighted by molar-refractivity contribution is -0.0842. The Kier molecular flexibility index (Phi) is 2.44. The highest BCUT2D eigenvalue weighted by Gasteiger charge is 2.39. The van der Waals surface area contributed by atoms with Crippen LogP contribution in [0.1, 0.15) is 5.56 Å². The standard InChI is InChI=1S/C11H14O3/c1-13-10-4-2-3-9(5-10)11(6-12)7-14-8-11/h2-5,12H,6-8H2,1H3. The van der Waals surface area contributed by atoms with E-state index in [2.05, 4.69) is 0 Å². The topological polar surface area (TPSA) is 38.7 Å². The van der Waals surface area contributed by atoms with E-state index in [9.17, 15) is 5.11 Å². The summed E-state index contributed by atoms with van der Waals surface area (Å²) >= 11 is 0. The minimum Gasteiger partial charge on any atom is -0.497 e. The van der Waals surface area contributed by atoms with E-state index in [0.717, 1.165) is 11.3 Å². The van der Waals surface area contributed by atoms with Gasteiger partial charge in [-0.05, 0) is 17.7 Å². The molecule has 0 aliphatic carbocycles. The van der Waals surface area contributed by atoms with Gasteiger partial charge in [-0.2, -0.15) is 0 Å². The van der Waals surface area contributed by atoms with Crippen LogP contribution in [0.3, 0.4) is 0 Å². The van der Waals surface area contributed by atoms with E-state index in [-0.39, 0.29) is 12.0 Å². The molecule has 1 aromatic rings. The summed E-state index contributed by atoms with van der Waals surface area (Å²) in [5.41, 5.74) is 0.889. The molecule has 76 valence electrons. The van der Waals surface area contributed by atoms with Gasteiger partial charge >= 0.3 is 0 Å². The van der Waals surface area contributed by atoms with Crippen LogP contribution in [-0.2, 0) is 10.2 Å². The predicted octanol–water partition coefficient (Wildman–Crippen LogP) is 0.956. The smallest absolute Gasteiger partial charge is 0.119 e. The molecule has 1 saturated heterocycles. The van der Waals surface area contributed by atoms with Gasteiger partial charge in [-0.1, -0.05) is 12.1 Å². The van der Waals surface area contributed by atoms with Crippen LogP contribution in [0.2, 0.25) is 0 Å². The maximum Gasteiger partial charge on any atom is 0.119 e. The third-order valence-electron chi connectivity index (χ3n) is 2.74. The first kappa shape index (κ1) is 9.49. The molecule has 0 radical (unpaired) electrons. The molecular formula is C11H14O3. The number of hydrogen-bond donors (Lipinski definition) is 1. The van der Waals surface area contributed by atoms with Gasteiger partial charge < -0.3 is 14.6 Å². The number of benzene rings is 1. The Balaban J connectivity index is 2.30. The summed E-state index contributed by atoms with van der Waals surface area (Å²) in [5, 5.41) is 9.33. The Morgan fingerprint density at radius 2 is 2.29 bits per heavy atom. The number of aliphatic hydroxyl groups excluding tert-OH is 1. The summed E-state index contributed by atoms with van der Waals surface area (Å²) < 4.78 is 10.3. The Labute approximate surface area is 83.3 Å². The fraction of sp³-hybridized carbons (Fsp3) is 0.455. The molecule has 1 aliphatic heterocycles. The molecule has 3 heteroatoms. The lowest BCUT2D eigenvalue weighted by atomic mass is 9.79. The molecule has 0 amide bonds. The molecule has 0 saturated carbocycles. The summed E-state index contributed by atoms with van der Waals surface area (Å²) in [7, 11) is 1.64. The summed E-state index contributed by atoms with van der Waals surface area (Å²) in [6.07, 6.45) is 0. The normalized spacial score (nSPS) is 18.7. The molecular weight excluding hydrogens is 180 g/mol. The zero-order valence-electron chi connectivity index (χ0n) is 8.19. The lowest BCUT2D eigenvalue weighted by Crippen LogP contribution is -2.49. The lowest BCUT2D eigenvalue weighted by Gasteiger charge is -2.40. The fourth-order valence-corrected chi connectivity index (χ4v) is 1.65. The van der Waals surface area contributed by atoms with Gasteiger partial charge in [0.25, 0.3) is 0 Å². The first-order valence-electron chi connectivity index (χ1n) is 4.64. The third-order valence-corrected chi connectivity index (χ3v) is 2.74. The van der Waals surface area contributed by atoms with E-state index in [1.165, 1.54) is 0 Å². The molecule has 1 heterocycles. The van der Waals surface area contributed by atoms with E-state index in [1.807, 2.05) is 24.3 Å². The highest BCUT2D eigenvalue weighted by atomic mass is 16.5. The molecule has 1 fully saturated rings. The van der Waals surface area contributed by atoms with Gasteiger partial charge in [0.2, 0.25) is 0 Å². The molecule has 1 aliphatic rings. The van der Waals surface area contributed by atoms with Crippen molar-refractivity contribution in [3.8, 4) is 5.75 Å². The minimum absolute atomic E-state index is 0.125. The van der Waals surface area contributed by atoms with Crippen LogP contribution in [0.25, 0.3) is 0 Å². The Morgan fingerprint density at radius 1 is 1.50 bits per heavy atom. The number of rotatable bonds is 3. The van der Waals surface area contributed by atoms with Gasteiger partial charge in [-0.3, -0.25) is 0 Å². The highest BCUT2D eigenvalue weighted by Crippen LogP contribution is 2.33. The van der Waals surface area contributed by atoms with Crippen LogP contribution in [0, 0.1) is 0 Å². The average molecular weight is 194 g/mol. The molecule has 0 spiro atoms. The van der Waals surface area contributed by atoms with Crippen LogP contribution >= 0.6 is 0 Å². The maximum absolute atomic E-state index is 9.33. The van der Waals surface area contributed by atoms with Crippen molar-refractivity contribution >= 4 is 0 Å².